The van der Waals surface area contributed by atoms with Crippen LogP contribution in [0.1, 0.15) is 63.8 Å². The van der Waals surface area contributed by atoms with Crippen LogP contribution in [0.4, 0.5) is 39.8 Å². The molecule has 2 aromatic heterocycles. The molecule has 6 heteroatoms. The average Bonchev–Trinajstić information content (AvgIpc) is 4.01. The van der Waals surface area contributed by atoms with Gasteiger partial charge in [-0.3, -0.25) is 0 Å². The number of nitrogens with zero attached hydrogens (tertiary/aromatic N) is 5. The summed E-state index contributed by atoms with van der Waals surface area (Å²) < 4.78 is 4.99. The molecule has 4 heterocycles. The van der Waals surface area contributed by atoms with E-state index >= 15 is 0 Å². The van der Waals surface area contributed by atoms with Crippen molar-refractivity contribution in [2.24, 2.45) is 0 Å². The van der Waals surface area contributed by atoms with Gasteiger partial charge in [0.1, 0.15) is 0 Å². The Hall–Kier alpha value is -6.92. The zero-order valence-corrected chi connectivity index (χ0v) is 38.1. The second-order valence-electron chi connectivity index (χ2n) is 17.5. The molecule has 11 rings (SSSR count). The summed E-state index contributed by atoms with van der Waals surface area (Å²) in [5, 5.41) is 2.51. The largest absolute Gasteiger partial charge is 0.372 e. The molecular weight excluding hydrogens is 777 g/mol. The third-order valence-electron chi connectivity index (χ3n) is 14.3. The van der Waals surface area contributed by atoms with Gasteiger partial charge in [-0.15, -0.1) is 0 Å². The first-order valence-corrected chi connectivity index (χ1v) is 23.6. The van der Waals surface area contributed by atoms with Crippen LogP contribution in [0.25, 0.3) is 33.2 Å². The Kier molecular flexibility index (Phi) is 9.98. The van der Waals surface area contributed by atoms with Crippen LogP contribution < -0.4 is 31.1 Å². The van der Waals surface area contributed by atoms with Gasteiger partial charge in [0.15, 0.2) is 0 Å². The highest BCUT2D eigenvalue weighted by molar-refractivity contribution is 7.00. The summed E-state index contributed by atoms with van der Waals surface area (Å²) in [5.41, 5.74) is 22.8. The van der Waals surface area contributed by atoms with Crippen LogP contribution >= 0.6 is 0 Å². The zero-order chi connectivity index (χ0) is 43.6. The van der Waals surface area contributed by atoms with Gasteiger partial charge in [-0.05, 0) is 163 Å². The van der Waals surface area contributed by atoms with Gasteiger partial charge in [0.2, 0.25) is 0 Å². The van der Waals surface area contributed by atoms with Crippen molar-refractivity contribution in [3.8, 4) is 11.4 Å². The number of aromatic nitrogens is 2. The summed E-state index contributed by atoms with van der Waals surface area (Å²) in [6, 6.07) is 55.9. The second kappa shape index (κ2) is 16.0. The Balaban J connectivity index is 1.15. The van der Waals surface area contributed by atoms with Crippen LogP contribution in [0.3, 0.4) is 0 Å². The lowest BCUT2D eigenvalue weighted by atomic mass is 9.34. The fourth-order valence-electron chi connectivity index (χ4n) is 10.7. The molecule has 0 radical (unpaired) electrons. The smallest absolute Gasteiger partial charge is 0.252 e. The summed E-state index contributed by atoms with van der Waals surface area (Å²) in [5.74, 6) is 0. The fraction of sp³-hybridized carbons (Fsp3) is 0.207. The van der Waals surface area contributed by atoms with Crippen molar-refractivity contribution in [1.82, 2.24) is 9.13 Å². The van der Waals surface area contributed by atoms with Gasteiger partial charge in [0, 0.05) is 76.1 Å². The number of aryl methyl sites for hydroxylation is 4. The molecule has 64 heavy (non-hydrogen) atoms. The van der Waals surface area contributed by atoms with Crippen LogP contribution in [0, 0.1) is 0 Å². The molecule has 0 amide bonds. The van der Waals surface area contributed by atoms with Crippen LogP contribution in [-0.2, 0) is 25.7 Å². The molecule has 0 unspecified atom stereocenters. The predicted molar refractivity (Wildman–Crippen MR) is 275 cm³/mol. The van der Waals surface area contributed by atoms with Gasteiger partial charge in [-0.25, -0.2) is 0 Å². The summed E-state index contributed by atoms with van der Waals surface area (Å²) in [4.78, 5) is 7.42. The molecule has 0 bridgehead atoms. The lowest BCUT2D eigenvalue weighted by Crippen LogP contribution is -2.59. The summed E-state index contributed by atoms with van der Waals surface area (Å²) in [6.07, 6.45) is 8.70. The molecule has 2 aliphatic rings. The van der Waals surface area contributed by atoms with Gasteiger partial charge in [0.25, 0.3) is 6.71 Å². The Labute approximate surface area is 378 Å². The first-order valence-electron chi connectivity index (χ1n) is 23.6. The Morgan fingerprint density at radius 1 is 0.391 bits per heavy atom. The van der Waals surface area contributed by atoms with Gasteiger partial charge in [-0.2, -0.15) is 0 Å². The molecule has 0 aliphatic carbocycles. The lowest BCUT2D eigenvalue weighted by molar-refractivity contribution is 0.864. The molecule has 2 aliphatic heterocycles. The van der Waals surface area contributed by atoms with E-state index in [0.717, 1.165) is 61.5 Å². The summed E-state index contributed by atoms with van der Waals surface area (Å²) in [7, 11) is 0. The minimum absolute atomic E-state index is 0.0518. The molecule has 9 aromatic rings. The molecule has 5 nitrogen and oxygen atoms in total. The minimum Gasteiger partial charge on any atom is -0.372 e. The quantitative estimate of drug-likeness (QED) is 0.108. The van der Waals surface area contributed by atoms with Crippen LogP contribution in [0.2, 0.25) is 0 Å². The highest BCUT2D eigenvalue weighted by atomic mass is 15.2. The first-order chi connectivity index (χ1) is 31.5. The highest BCUT2D eigenvalue weighted by Gasteiger charge is 2.41. The van der Waals surface area contributed by atoms with Crippen LogP contribution in [-0.4, -0.2) is 28.9 Å². The number of anilines is 7. The molecule has 0 N–H and O–H groups in total. The van der Waals surface area contributed by atoms with Gasteiger partial charge >= 0.3 is 0 Å². The van der Waals surface area contributed by atoms with Crippen molar-refractivity contribution >= 4 is 84.7 Å². The molecule has 316 valence electrons. The van der Waals surface area contributed by atoms with E-state index < -0.39 is 0 Å². The lowest BCUT2D eigenvalue weighted by Gasteiger charge is -2.36. The number of hydrogen-bond acceptors (Lipinski definition) is 3. The van der Waals surface area contributed by atoms with Crippen molar-refractivity contribution in [1.29, 1.82) is 0 Å². The molecule has 7 aromatic carbocycles. The average molecular weight is 834 g/mol. The number of fused-ring (bicyclic) bond motifs is 4. The van der Waals surface area contributed by atoms with Crippen molar-refractivity contribution in [2.75, 3.05) is 27.8 Å². The maximum atomic E-state index is 2.50. The van der Waals surface area contributed by atoms with E-state index in [0.29, 0.717) is 0 Å². The number of rotatable bonds is 13. The summed E-state index contributed by atoms with van der Waals surface area (Å²) in [6.45, 7) is 15.4. The van der Waals surface area contributed by atoms with Crippen molar-refractivity contribution < 1.29 is 0 Å². The minimum atomic E-state index is 0.0518. The van der Waals surface area contributed by atoms with Gasteiger partial charge in [0.05, 0.1) is 22.4 Å². The Bertz CT molecular complexity index is 2870. The Morgan fingerprint density at radius 3 is 1.05 bits per heavy atom. The standard InChI is InChI=1S/C58H56BN5/c1-7-39-13-21-43(22-14-39)63(44-23-15-40(8-2)16-24-44)52-31-29-50-57-48(52)33-35-61(57)54-37-47(60(11-5)12-6)38-55-56(54)59(50)51-30-32-53(49-34-36-62(55)58(49)51)64(45-25-17-41(9-3)18-26-45)46-27-19-42(10-4)20-28-46/h13-38H,7-12H2,1-6H3. The van der Waals surface area contributed by atoms with E-state index in [-0.39, 0.29) is 6.71 Å². The van der Waals surface area contributed by atoms with E-state index in [4.69, 9.17) is 0 Å². The fourth-order valence-corrected chi connectivity index (χ4v) is 10.7. The van der Waals surface area contributed by atoms with E-state index in [1.165, 1.54) is 88.9 Å². The van der Waals surface area contributed by atoms with Crippen LogP contribution in [0.15, 0.2) is 158 Å². The van der Waals surface area contributed by atoms with Gasteiger partial charge in [-0.1, -0.05) is 88.4 Å². The maximum absolute atomic E-state index is 2.50. The number of hydrogen-bond donors (Lipinski definition) is 0. The second-order valence-corrected chi connectivity index (χ2v) is 17.5. The summed E-state index contributed by atoms with van der Waals surface area (Å²) >= 11 is 0. The highest BCUT2D eigenvalue weighted by Crippen LogP contribution is 2.44. The molecule has 0 saturated heterocycles. The zero-order valence-electron chi connectivity index (χ0n) is 38.1. The van der Waals surface area contributed by atoms with E-state index in [1.807, 2.05) is 0 Å². The van der Waals surface area contributed by atoms with Crippen molar-refractivity contribution in [3.05, 3.63) is 180 Å². The topological polar surface area (TPSA) is 19.6 Å². The number of benzene rings is 7. The van der Waals surface area contributed by atoms with Crippen molar-refractivity contribution in [2.45, 2.75) is 67.2 Å². The Morgan fingerprint density at radius 2 is 0.734 bits per heavy atom. The normalized spacial score (nSPS) is 12.2. The molecule has 0 atom stereocenters. The SMILES string of the molecule is CCc1ccc(N(c2ccc(CC)cc2)c2ccc3c4c2ccn4-c2cc(N(CC)CC)cc4c2B3c2ccc(N(c3ccc(CC)cc3)c3ccc(CC)cc3)c3ccn-4c23)cc1. The van der Waals surface area contributed by atoms with Crippen LogP contribution in [0.5, 0.6) is 0 Å². The molecule has 0 saturated carbocycles. The van der Waals surface area contributed by atoms with E-state index in [1.54, 1.807) is 0 Å². The monoisotopic (exact) mass is 833 g/mol. The third kappa shape index (κ3) is 6.21. The predicted octanol–water partition coefficient (Wildman–Crippen LogP) is 12.8. The molecular formula is C58H56BN5. The molecule has 0 spiro atoms. The van der Waals surface area contributed by atoms with E-state index in [2.05, 4.69) is 223 Å². The third-order valence-corrected chi connectivity index (χ3v) is 14.3. The van der Waals surface area contributed by atoms with Crippen molar-refractivity contribution in [3.63, 3.8) is 0 Å². The molecule has 0 fully saturated rings. The first kappa shape index (κ1) is 39.9. The van der Waals surface area contributed by atoms with E-state index in [9.17, 15) is 0 Å². The maximum Gasteiger partial charge on any atom is 0.252 e. The van der Waals surface area contributed by atoms with Gasteiger partial charge < -0.3 is 23.8 Å².